The van der Waals surface area contributed by atoms with Gasteiger partial charge in [0, 0.05) is 15.7 Å². The van der Waals surface area contributed by atoms with Crippen LogP contribution in [0.4, 0.5) is 0 Å². The largest absolute Gasteiger partial charge is 0.294 e. The van der Waals surface area contributed by atoms with E-state index in [1.807, 2.05) is 48.5 Å². The highest BCUT2D eigenvalue weighted by molar-refractivity contribution is 7.99. The lowest BCUT2D eigenvalue weighted by Crippen LogP contribution is -2.26. The van der Waals surface area contributed by atoms with Crippen molar-refractivity contribution in [2.75, 3.05) is 0 Å². The third-order valence-corrected chi connectivity index (χ3v) is 6.42. The third-order valence-electron chi connectivity index (χ3n) is 5.02. The van der Waals surface area contributed by atoms with Crippen molar-refractivity contribution in [3.8, 4) is 0 Å². The van der Waals surface area contributed by atoms with E-state index in [0.29, 0.717) is 12.1 Å². The topological polar surface area (TPSA) is 47.8 Å². The Hall–Kier alpha value is -3.18. The van der Waals surface area contributed by atoms with E-state index in [1.54, 1.807) is 22.8 Å². The number of aryl methyl sites for hydroxylation is 1. The average molecular weight is 414 g/mol. The van der Waals surface area contributed by atoms with Gasteiger partial charge < -0.3 is 0 Å². The number of carbonyl (C=O) groups excluding carboxylic acids is 1. The van der Waals surface area contributed by atoms with Gasteiger partial charge >= 0.3 is 0 Å². The lowest BCUT2D eigenvalue weighted by molar-refractivity contribution is 0.0901. The number of nitrogens with zero attached hydrogens (tertiary/aromatic N) is 3. The van der Waals surface area contributed by atoms with E-state index in [2.05, 4.69) is 53.4 Å². The third kappa shape index (κ3) is 4.86. The van der Waals surface area contributed by atoms with Crippen LogP contribution < -0.4 is 0 Å². The monoisotopic (exact) mass is 413 g/mol. The summed E-state index contributed by atoms with van der Waals surface area (Å²) in [5.41, 5.74) is 3.04. The quantitative estimate of drug-likeness (QED) is 0.278. The van der Waals surface area contributed by atoms with Crippen LogP contribution in [0.15, 0.2) is 102 Å². The standard InChI is InChI=1S/C25H23N3OS/c1-19-12-14-21(15-13-19)25(30-22-10-6-3-7-11-22)23(16-28-18-26-17-27-28)24(29)20-8-4-2-5-9-20/h2-15,17-18,23,25H,16H2,1H3. The number of Topliss-reactive ketones (excluding diaryl/α,β-unsaturated/α-hetero) is 1. The van der Waals surface area contributed by atoms with Gasteiger partial charge in [-0.1, -0.05) is 78.4 Å². The van der Waals surface area contributed by atoms with Crippen molar-refractivity contribution in [1.82, 2.24) is 14.8 Å². The number of thioether (sulfide) groups is 1. The molecular formula is C25H23N3OS. The summed E-state index contributed by atoms with van der Waals surface area (Å²) in [6, 6.07) is 28.2. The maximum Gasteiger partial charge on any atom is 0.169 e. The van der Waals surface area contributed by atoms with Gasteiger partial charge in [-0.3, -0.25) is 9.48 Å². The molecule has 0 saturated heterocycles. The normalized spacial score (nSPS) is 13.0. The fraction of sp³-hybridized carbons (Fsp3) is 0.160. The molecule has 0 aliphatic rings. The molecule has 4 aromatic rings. The molecule has 0 saturated carbocycles. The van der Waals surface area contributed by atoms with Crippen LogP contribution in [0.5, 0.6) is 0 Å². The molecule has 3 aromatic carbocycles. The minimum atomic E-state index is -0.304. The second kappa shape index (κ2) is 9.55. The highest BCUT2D eigenvalue weighted by Gasteiger charge is 2.32. The van der Waals surface area contributed by atoms with Crippen molar-refractivity contribution >= 4 is 17.5 Å². The second-order valence-corrected chi connectivity index (χ2v) is 8.43. The highest BCUT2D eigenvalue weighted by Crippen LogP contribution is 2.42. The first-order chi connectivity index (χ1) is 14.7. The molecule has 0 aliphatic heterocycles. The molecule has 30 heavy (non-hydrogen) atoms. The molecule has 0 amide bonds. The van der Waals surface area contributed by atoms with Crippen molar-refractivity contribution in [3.05, 3.63) is 114 Å². The number of hydrogen-bond donors (Lipinski definition) is 0. The molecule has 1 aromatic heterocycles. The summed E-state index contributed by atoms with van der Waals surface area (Å²) in [5, 5.41) is 4.21. The summed E-state index contributed by atoms with van der Waals surface area (Å²) in [5.74, 6) is -0.192. The number of aromatic nitrogens is 3. The molecule has 0 bridgehead atoms. The molecule has 5 heteroatoms. The summed E-state index contributed by atoms with van der Waals surface area (Å²) in [6.07, 6.45) is 3.18. The summed E-state index contributed by atoms with van der Waals surface area (Å²) in [4.78, 5) is 18.9. The van der Waals surface area contributed by atoms with Gasteiger partial charge in [-0.15, -0.1) is 11.8 Å². The number of benzene rings is 3. The first-order valence-electron chi connectivity index (χ1n) is 9.90. The average Bonchev–Trinajstić information content (AvgIpc) is 3.31. The first kappa shape index (κ1) is 20.1. The summed E-state index contributed by atoms with van der Waals surface area (Å²) < 4.78 is 1.75. The SMILES string of the molecule is Cc1ccc(C(Sc2ccccc2)C(Cn2cncn2)C(=O)c2ccccc2)cc1. The molecular weight excluding hydrogens is 390 g/mol. The Morgan fingerprint density at radius 2 is 1.60 bits per heavy atom. The first-order valence-corrected chi connectivity index (χ1v) is 10.8. The Morgan fingerprint density at radius 1 is 0.933 bits per heavy atom. The Morgan fingerprint density at radius 3 is 2.23 bits per heavy atom. The number of carbonyl (C=O) groups is 1. The van der Waals surface area contributed by atoms with Gasteiger partial charge in [0.25, 0.3) is 0 Å². The predicted molar refractivity (Wildman–Crippen MR) is 121 cm³/mol. The molecule has 1 heterocycles. The van der Waals surface area contributed by atoms with E-state index in [1.165, 1.54) is 11.9 Å². The minimum Gasteiger partial charge on any atom is -0.294 e. The van der Waals surface area contributed by atoms with Gasteiger partial charge in [0.1, 0.15) is 12.7 Å². The van der Waals surface area contributed by atoms with Crippen LogP contribution in [0.3, 0.4) is 0 Å². The zero-order valence-corrected chi connectivity index (χ0v) is 17.6. The molecule has 4 nitrogen and oxygen atoms in total. The van der Waals surface area contributed by atoms with Crippen molar-refractivity contribution < 1.29 is 4.79 Å². The van der Waals surface area contributed by atoms with E-state index in [9.17, 15) is 4.79 Å². The zero-order chi connectivity index (χ0) is 20.8. The fourth-order valence-electron chi connectivity index (χ4n) is 3.45. The molecule has 150 valence electrons. The zero-order valence-electron chi connectivity index (χ0n) is 16.8. The number of ketones is 1. The van der Waals surface area contributed by atoms with Gasteiger partial charge in [-0.05, 0) is 24.6 Å². The van der Waals surface area contributed by atoms with Gasteiger partial charge in [0.2, 0.25) is 0 Å². The minimum absolute atomic E-state index is 0.0649. The molecule has 0 aliphatic carbocycles. The van der Waals surface area contributed by atoms with E-state index in [0.717, 1.165) is 10.5 Å². The number of rotatable bonds is 8. The van der Waals surface area contributed by atoms with E-state index in [-0.39, 0.29) is 17.0 Å². The Kier molecular flexibility index (Phi) is 6.40. The van der Waals surface area contributed by atoms with E-state index >= 15 is 0 Å². The molecule has 0 N–H and O–H groups in total. The molecule has 2 unspecified atom stereocenters. The highest BCUT2D eigenvalue weighted by atomic mass is 32.2. The molecule has 2 atom stereocenters. The van der Waals surface area contributed by atoms with Crippen LogP contribution in [0.2, 0.25) is 0 Å². The predicted octanol–water partition coefficient (Wildman–Crippen LogP) is 5.62. The summed E-state index contributed by atoms with van der Waals surface area (Å²) >= 11 is 1.72. The van der Waals surface area contributed by atoms with Crippen molar-refractivity contribution in [2.45, 2.75) is 23.6 Å². The van der Waals surface area contributed by atoms with Crippen LogP contribution in [-0.2, 0) is 6.54 Å². The van der Waals surface area contributed by atoms with Crippen LogP contribution in [-0.4, -0.2) is 20.5 Å². The van der Waals surface area contributed by atoms with Crippen LogP contribution in [0, 0.1) is 12.8 Å². The van der Waals surface area contributed by atoms with Crippen molar-refractivity contribution in [1.29, 1.82) is 0 Å². The van der Waals surface area contributed by atoms with Gasteiger partial charge in [0.05, 0.1) is 12.5 Å². The smallest absolute Gasteiger partial charge is 0.169 e. The molecule has 0 radical (unpaired) electrons. The fourth-order valence-corrected chi connectivity index (χ4v) is 4.72. The Balaban J connectivity index is 1.76. The Bertz CT molecular complexity index is 1060. The molecule has 4 rings (SSSR count). The molecule has 0 spiro atoms. The van der Waals surface area contributed by atoms with Gasteiger partial charge in [0.15, 0.2) is 5.78 Å². The van der Waals surface area contributed by atoms with Crippen molar-refractivity contribution in [2.24, 2.45) is 5.92 Å². The second-order valence-electron chi connectivity index (χ2n) is 7.22. The van der Waals surface area contributed by atoms with E-state index in [4.69, 9.17) is 0 Å². The maximum atomic E-state index is 13.7. The lowest BCUT2D eigenvalue weighted by atomic mass is 9.90. The lowest BCUT2D eigenvalue weighted by Gasteiger charge is -2.26. The molecule has 0 fully saturated rings. The Labute approximate surface area is 181 Å². The van der Waals surface area contributed by atoms with Crippen LogP contribution in [0.25, 0.3) is 0 Å². The van der Waals surface area contributed by atoms with Crippen LogP contribution in [0.1, 0.15) is 26.7 Å². The number of hydrogen-bond acceptors (Lipinski definition) is 4. The summed E-state index contributed by atoms with van der Waals surface area (Å²) in [7, 11) is 0. The van der Waals surface area contributed by atoms with Gasteiger partial charge in [-0.2, -0.15) is 5.10 Å². The van der Waals surface area contributed by atoms with Gasteiger partial charge in [-0.25, -0.2) is 4.98 Å². The van der Waals surface area contributed by atoms with Crippen molar-refractivity contribution in [3.63, 3.8) is 0 Å². The maximum absolute atomic E-state index is 13.7. The van der Waals surface area contributed by atoms with E-state index < -0.39 is 0 Å². The summed E-state index contributed by atoms with van der Waals surface area (Å²) in [6.45, 7) is 2.54. The van der Waals surface area contributed by atoms with Crippen LogP contribution >= 0.6 is 11.8 Å².